The van der Waals surface area contributed by atoms with Gasteiger partial charge in [-0.05, 0) is 31.5 Å². The number of hydrogen-bond donors (Lipinski definition) is 0. The van der Waals surface area contributed by atoms with E-state index >= 15 is 0 Å². The Bertz CT molecular complexity index is 568. The zero-order valence-corrected chi connectivity index (χ0v) is 10.8. The molecule has 1 aromatic heterocycles. The van der Waals surface area contributed by atoms with Crippen molar-refractivity contribution in [1.82, 2.24) is 0 Å². The number of benzene rings is 1. The summed E-state index contributed by atoms with van der Waals surface area (Å²) in [6, 6.07) is 3.80. The summed E-state index contributed by atoms with van der Waals surface area (Å²) < 4.78 is 15.6. The van der Waals surface area contributed by atoms with Crippen LogP contribution >= 0.6 is 0 Å². The first-order valence-corrected chi connectivity index (χ1v) is 5.86. The van der Waals surface area contributed by atoms with Gasteiger partial charge in [0.25, 0.3) is 0 Å². The van der Waals surface area contributed by atoms with Gasteiger partial charge in [0.15, 0.2) is 0 Å². The Kier molecular flexibility index (Phi) is 3.55. The van der Waals surface area contributed by atoms with E-state index in [0.717, 1.165) is 27.8 Å². The largest absolute Gasteiger partial charge is 0.496 e. The molecule has 0 bridgehead atoms. The summed E-state index contributed by atoms with van der Waals surface area (Å²) in [5.41, 5.74) is 2.58. The van der Waals surface area contributed by atoms with Crippen LogP contribution in [0.15, 0.2) is 22.8 Å². The molecule has 0 aliphatic rings. The molecule has 0 spiro atoms. The normalized spacial score (nSPS) is 10.6. The molecule has 2 rings (SSSR count). The van der Waals surface area contributed by atoms with Gasteiger partial charge in [0.2, 0.25) is 0 Å². The summed E-state index contributed by atoms with van der Waals surface area (Å²) in [6.45, 7) is 4.13. The fourth-order valence-electron chi connectivity index (χ4n) is 1.93. The van der Waals surface area contributed by atoms with Gasteiger partial charge in [0, 0.05) is 10.9 Å². The van der Waals surface area contributed by atoms with Crippen LogP contribution in [0.3, 0.4) is 0 Å². The number of furan rings is 1. The predicted octanol–water partition coefficient (Wildman–Crippen LogP) is 2.86. The fourth-order valence-corrected chi connectivity index (χ4v) is 1.93. The van der Waals surface area contributed by atoms with Gasteiger partial charge in [-0.15, -0.1) is 0 Å². The molecule has 0 N–H and O–H groups in total. The number of carbonyl (C=O) groups is 1. The summed E-state index contributed by atoms with van der Waals surface area (Å²) in [6.07, 6.45) is 1.81. The van der Waals surface area contributed by atoms with E-state index < -0.39 is 0 Å². The van der Waals surface area contributed by atoms with E-state index in [0.29, 0.717) is 6.61 Å². The Hall–Kier alpha value is -1.97. The van der Waals surface area contributed by atoms with Crippen molar-refractivity contribution in [2.75, 3.05) is 13.7 Å². The van der Waals surface area contributed by atoms with E-state index in [2.05, 4.69) is 0 Å². The van der Waals surface area contributed by atoms with Crippen LogP contribution in [-0.2, 0) is 16.0 Å². The van der Waals surface area contributed by atoms with Gasteiger partial charge >= 0.3 is 5.97 Å². The summed E-state index contributed by atoms with van der Waals surface area (Å²) in [5, 5.41) is 0.894. The van der Waals surface area contributed by atoms with Crippen molar-refractivity contribution in [3.63, 3.8) is 0 Å². The molecule has 0 unspecified atom stereocenters. The third-order valence-electron chi connectivity index (χ3n) is 2.81. The molecule has 0 atom stereocenters. The van der Waals surface area contributed by atoms with Crippen molar-refractivity contribution in [3.8, 4) is 5.75 Å². The Morgan fingerprint density at radius 1 is 1.39 bits per heavy atom. The molecule has 4 heteroatoms. The van der Waals surface area contributed by atoms with E-state index in [9.17, 15) is 4.79 Å². The Morgan fingerprint density at radius 2 is 2.17 bits per heavy atom. The molecule has 96 valence electrons. The molecule has 0 aliphatic heterocycles. The van der Waals surface area contributed by atoms with Crippen molar-refractivity contribution in [3.05, 3.63) is 29.5 Å². The first kappa shape index (κ1) is 12.5. The van der Waals surface area contributed by atoms with E-state index in [-0.39, 0.29) is 12.4 Å². The molecular weight excluding hydrogens is 232 g/mol. The topological polar surface area (TPSA) is 48.7 Å². The second-order valence-corrected chi connectivity index (χ2v) is 4.06. The minimum absolute atomic E-state index is 0.215. The number of carbonyl (C=O) groups excluding carboxylic acids is 1. The highest BCUT2D eigenvalue weighted by Crippen LogP contribution is 2.29. The summed E-state index contributed by atoms with van der Waals surface area (Å²) >= 11 is 0. The number of methoxy groups -OCH3 is 1. The number of esters is 1. The van der Waals surface area contributed by atoms with Gasteiger partial charge < -0.3 is 13.9 Å². The lowest BCUT2D eigenvalue weighted by Gasteiger charge is -2.04. The molecule has 1 heterocycles. The number of fused-ring (bicyclic) bond motifs is 1. The number of ether oxygens (including phenoxy) is 2. The van der Waals surface area contributed by atoms with E-state index in [1.807, 2.05) is 19.1 Å². The second-order valence-electron chi connectivity index (χ2n) is 4.06. The smallest absolute Gasteiger partial charge is 0.310 e. The minimum atomic E-state index is -0.250. The molecular formula is C14H16O4. The Balaban J connectivity index is 2.37. The van der Waals surface area contributed by atoms with Gasteiger partial charge in [0.05, 0.1) is 26.4 Å². The monoisotopic (exact) mass is 248 g/mol. The number of rotatable bonds is 4. The molecule has 0 radical (unpaired) electrons. The summed E-state index contributed by atoms with van der Waals surface area (Å²) in [7, 11) is 1.62. The molecule has 0 saturated heterocycles. The van der Waals surface area contributed by atoms with Gasteiger partial charge in [-0.3, -0.25) is 4.79 Å². The van der Waals surface area contributed by atoms with Gasteiger partial charge in [-0.1, -0.05) is 0 Å². The SMILES string of the molecule is CCOC(=O)Cc1coc2cc(C)c(OC)cc12. The average molecular weight is 248 g/mol. The Labute approximate surface area is 105 Å². The molecule has 18 heavy (non-hydrogen) atoms. The maximum Gasteiger partial charge on any atom is 0.310 e. The number of hydrogen-bond acceptors (Lipinski definition) is 4. The van der Waals surface area contributed by atoms with Crippen LogP contribution in [0.1, 0.15) is 18.1 Å². The molecule has 2 aromatic rings. The first-order chi connectivity index (χ1) is 8.65. The van der Waals surface area contributed by atoms with Crippen LogP contribution in [0.25, 0.3) is 11.0 Å². The van der Waals surface area contributed by atoms with Gasteiger partial charge in [-0.2, -0.15) is 0 Å². The third-order valence-corrected chi connectivity index (χ3v) is 2.81. The predicted molar refractivity (Wildman–Crippen MR) is 67.8 cm³/mol. The quantitative estimate of drug-likeness (QED) is 0.781. The van der Waals surface area contributed by atoms with E-state index in [1.165, 1.54) is 0 Å². The maximum atomic E-state index is 11.5. The fraction of sp³-hybridized carbons (Fsp3) is 0.357. The minimum Gasteiger partial charge on any atom is -0.496 e. The van der Waals surface area contributed by atoms with Crippen molar-refractivity contribution in [1.29, 1.82) is 0 Å². The first-order valence-electron chi connectivity index (χ1n) is 5.86. The van der Waals surface area contributed by atoms with Crippen LogP contribution < -0.4 is 4.74 Å². The second kappa shape index (κ2) is 5.12. The van der Waals surface area contributed by atoms with Crippen LogP contribution in [-0.4, -0.2) is 19.7 Å². The molecule has 0 amide bonds. The van der Waals surface area contributed by atoms with Crippen LogP contribution in [0, 0.1) is 6.92 Å². The molecule has 4 nitrogen and oxygen atoms in total. The average Bonchev–Trinajstić information content (AvgIpc) is 2.70. The highest BCUT2D eigenvalue weighted by molar-refractivity contribution is 5.87. The Morgan fingerprint density at radius 3 is 2.83 bits per heavy atom. The zero-order valence-electron chi connectivity index (χ0n) is 10.8. The highest BCUT2D eigenvalue weighted by Gasteiger charge is 2.13. The van der Waals surface area contributed by atoms with E-state index in [1.54, 1.807) is 20.3 Å². The lowest BCUT2D eigenvalue weighted by atomic mass is 10.1. The maximum absolute atomic E-state index is 11.5. The summed E-state index contributed by atoms with van der Waals surface area (Å²) in [4.78, 5) is 11.5. The number of aryl methyl sites for hydroxylation is 1. The van der Waals surface area contributed by atoms with Crippen molar-refractivity contribution >= 4 is 16.9 Å². The van der Waals surface area contributed by atoms with E-state index in [4.69, 9.17) is 13.9 Å². The lowest BCUT2D eigenvalue weighted by molar-refractivity contribution is -0.142. The van der Waals surface area contributed by atoms with Crippen LogP contribution in [0.5, 0.6) is 5.75 Å². The zero-order chi connectivity index (χ0) is 13.1. The lowest BCUT2D eigenvalue weighted by Crippen LogP contribution is -2.06. The molecule has 1 aromatic carbocycles. The van der Waals surface area contributed by atoms with Gasteiger partial charge in [0.1, 0.15) is 11.3 Å². The van der Waals surface area contributed by atoms with Crippen LogP contribution in [0.4, 0.5) is 0 Å². The van der Waals surface area contributed by atoms with Crippen molar-refractivity contribution in [2.45, 2.75) is 20.3 Å². The van der Waals surface area contributed by atoms with Crippen molar-refractivity contribution in [2.24, 2.45) is 0 Å². The third kappa shape index (κ3) is 2.32. The standard InChI is InChI=1S/C14H16O4/c1-4-17-14(15)6-10-8-18-13-5-9(2)12(16-3)7-11(10)13/h5,7-8H,4,6H2,1-3H3. The van der Waals surface area contributed by atoms with Crippen LogP contribution in [0.2, 0.25) is 0 Å². The molecule has 0 saturated carbocycles. The molecule has 0 aliphatic carbocycles. The molecule has 0 fully saturated rings. The summed E-state index contributed by atoms with van der Waals surface area (Å²) in [5.74, 6) is 0.536. The highest BCUT2D eigenvalue weighted by atomic mass is 16.5. The van der Waals surface area contributed by atoms with Gasteiger partial charge in [-0.25, -0.2) is 0 Å². The van der Waals surface area contributed by atoms with Crippen molar-refractivity contribution < 1.29 is 18.7 Å².